The van der Waals surface area contributed by atoms with Gasteiger partial charge in [0, 0.05) is 37.7 Å². The van der Waals surface area contributed by atoms with Crippen molar-refractivity contribution in [2.24, 2.45) is 0 Å². The van der Waals surface area contributed by atoms with Gasteiger partial charge in [-0.1, -0.05) is 97.1 Å². The van der Waals surface area contributed by atoms with E-state index in [0.29, 0.717) is 29.5 Å². The number of alkyl halides is 2. The first-order chi connectivity index (χ1) is 32.3. The van der Waals surface area contributed by atoms with Gasteiger partial charge in [0.1, 0.15) is 43.4 Å². The molecule has 0 bridgehead atoms. The molecule has 338 valence electrons. The lowest BCUT2D eigenvalue weighted by molar-refractivity contribution is 0.0385. The lowest BCUT2D eigenvalue weighted by atomic mass is 9.90. The second kappa shape index (κ2) is 18.9. The standard InChI is InChI=1S/C50H51F3N6O6/c1-49(24-37(51)27-58(31-49)48(61)64-30-34-14-6-3-7-15-34)57-47(60)62-23-10-19-36-17-8-16-35-18-9-20-39(41(35)36)43-42(53)44-40(26-54-43)45(63-29-33-12-4-2-5-13-33)56-46(55-44)65-32-50-21-11-22-59(50)28-38(52)25-50/h2-9,12-18,20,26,37-38H,10-11,19,21-25,27-32H2,1H3,(H,57,60)/t37-,38-,49-,50+/m1/s1/i23D2. The summed E-state index contributed by atoms with van der Waals surface area (Å²) in [5, 5.41) is 4.15. The first-order valence-electron chi connectivity index (χ1n) is 22.9. The number of amides is 2. The molecule has 3 aliphatic heterocycles. The van der Waals surface area contributed by atoms with E-state index in [2.05, 4.69) is 25.2 Å². The Labute approximate surface area is 377 Å². The number of pyridine rings is 1. The quantitative estimate of drug-likeness (QED) is 0.113. The van der Waals surface area contributed by atoms with Gasteiger partial charge in [-0.15, -0.1) is 0 Å². The fraction of sp³-hybridized carbons (Fsp3) is 0.380. The number of carbonyl (C=O) groups excluding carboxylic acids is 2. The normalized spacial score (nSPS) is 22.6. The SMILES string of the molecule is [2H]C([2H])(CCc1cccc2cccc(-c3ncc4c(OCc5ccccc5)nc(OC[C@@]56CCCN5C[C@H](F)C6)nc4c3F)c12)OC(=O)N[C@]1(C)C[C@@H](F)CN(C(=O)OCc2ccccc2)C1. The van der Waals surface area contributed by atoms with Crippen molar-refractivity contribution in [1.29, 1.82) is 0 Å². The van der Waals surface area contributed by atoms with Crippen molar-refractivity contribution in [3.05, 3.63) is 126 Å². The van der Waals surface area contributed by atoms with Crippen molar-refractivity contribution in [3.8, 4) is 23.1 Å². The highest BCUT2D eigenvalue weighted by molar-refractivity contribution is 6.00. The van der Waals surface area contributed by atoms with Crippen LogP contribution in [0.3, 0.4) is 0 Å². The summed E-state index contributed by atoms with van der Waals surface area (Å²) in [5.74, 6) is -0.685. The highest BCUT2D eigenvalue weighted by Crippen LogP contribution is 2.41. The van der Waals surface area contributed by atoms with Gasteiger partial charge in [-0.3, -0.25) is 9.88 Å². The summed E-state index contributed by atoms with van der Waals surface area (Å²) in [6.45, 7) is 0.126. The Bertz CT molecular complexity index is 2760. The first-order valence-corrected chi connectivity index (χ1v) is 21.9. The molecule has 9 rings (SSSR count). The minimum Gasteiger partial charge on any atom is -0.472 e. The molecule has 15 heteroatoms. The maximum absolute atomic E-state index is 17.2. The van der Waals surface area contributed by atoms with Crippen LogP contribution in [0.15, 0.2) is 103 Å². The van der Waals surface area contributed by atoms with Gasteiger partial charge in [-0.25, -0.2) is 22.8 Å². The van der Waals surface area contributed by atoms with Crippen molar-refractivity contribution < 1.29 is 44.4 Å². The lowest BCUT2D eigenvalue weighted by Gasteiger charge is -2.41. The predicted molar refractivity (Wildman–Crippen MR) is 238 cm³/mol. The molecule has 5 heterocycles. The van der Waals surface area contributed by atoms with Gasteiger partial charge >= 0.3 is 18.2 Å². The molecule has 3 fully saturated rings. The van der Waals surface area contributed by atoms with Crippen LogP contribution in [0.1, 0.15) is 58.5 Å². The molecule has 3 aliphatic rings. The molecule has 4 atom stereocenters. The number of aromatic nitrogens is 3. The van der Waals surface area contributed by atoms with Gasteiger partial charge in [0.05, 0.1) is 32.3 Å². The van der Waals surface area contributed by atoms with Gasteiger partial charge in [0.2, 0.25) is 5.88 Å². The number of likely N-dealkylation sites (tertiary alicyclic amines) is 1. The Balaban J connectivity index is 0.932. The number of hydrogen-bond acceptors (Lipinski definition) is 10. The molecule has 0 saturated carbocycles. The van der Waals surface area contributed by atoms with Crippen LogP contribution in [-0.2, 0) is 29.1 Å². The highest BCUT2D eigenvalue weighted by atomic mass is 19.1. The second-order valence-electron chi connectivity index (χ2n) is 17.4. The summed E-state index contributed by atoms with van der Waals surface area (Å²) in [7, 11) is 0. The van der Waals surface area contributed by atoms with E-state index >= 15 is 8.78 Å². The molecule has 1 N–H and O–H groups in total. The topological polar surface area (TPSA) is 128 Å². The Hall–Kier alpha value is -6.48. The fourth-order valence-corrected chi connectivity index (χ4v) is 9.53. The van der Waals surface area contributed by atoms with E-state index in [-0.39, 0.29) is 80.7 Å². The maximum atomic E-state index is 17.2. The zero-order chi connectivity index (χ0) is 46.8. The van der Waals surface area contributed by atoms with Crippen LogP contribution in [-0.4, -0.2) is 99.7 Å². The number of aryl methyl sites for hydroxylation is 1. The number of nitrogens with zero attached hydrogens (tertiary/aromatic N) is 5. The largest absolute Gasteiger partial charge is 0.472 e. The Morgan fingerprint density at radius 3 is 2.40 bits per heavy atom. The Morgan fingerprint density at radius 1 is 0.877 bits per heavy atom. The molecule has 6 aromatic rings. The van der Waals surface area contributed by atoms with Gasteiger partial charge in [0.25, 0.3) is 0 Å². The number of fused-ring (bicyclic) bond motifs is 3. The van der Waals surface area contributed by atoms with Crippen molar-refractivity contribution in [2.75, 3.05) is 39.3 Å². The van der Waals surface area contributed by atoms with Crippen molar-refractivity contribution in [1.82, 2.24) is 30.1 Å². The number of halogens is 3. The van der Waals surface area contributed by atoms with Crippen LogP contribution in [0.4, 0.5) is 22.8 Å². The molecule has 0 unspecified atom stereocenters. The molecule has 0 radical (unpaired) electrons. The van der Waals surface area contributed by atoms with Crippen molar-refractivity contribution >= 4 is 33.9 Å². The Morgan fingerprint density at radius 2 is 1.62 bits per heavy atom. The van der Waals surface area contributed by atoms with Crippen LogP contribution < -0.4 is 14.8 Å². The first kappa shape index (κ1) is 41.2. The summed E-state index contributed by atoms with van der Waals surface area (Å²) in [6, 6.07) is 29.2. The number of alkyl carbamates (subject to hydrolysis) is 1. The maximum Gasteiger partial charge on any atom is 0.410 e. The third-order valence-electron chi connectivity index (χ3n) is 12.5. The monoisotopic (exact) mass is 890 g/mol. The molecular formula is C50H51F3N6O6. The van der Waals surface area contributed by atoms with Crippen LogP contribution >= 0.6 is 0 Å². The number of ether oxygens (including phenoxy) is 4. The summed E-state index contributed by atoms with van der Waals surface area (Å²) >= 11 is 0. The molecular weight excluding hydrogens is 838 g/mol. The van der Waals surface area contributed by atoms with E-state index < -0.39 is 48.0 Å². The number of carbonyl (C=O) groups is 2. The lowest BCUT2D eigenvalue weighted by Crippen LogP contribution is -2.61. The van der Waals surface area contributed by atoms with Crippen LogP contribution in [0.5, 0.6) is 11.9 Å². The average molecular weight is 891 g/mol. The number of benzene rings is 4. The van der Waals surface area contributed by atoms with Crippen LogP contribution in [0.25, 0.3) is 32.9 Å². The summed E-state index contributed by atoms with van der Waals surface area (Å²) in [6.07, 6.45) is -1.20. The predicted octanol–water partition coefficient (Wildman–Crippen LogP) is 9.32. The number of nitrogens with one attached hydrogen (secondary N) is 1. The smallest absolute Gasteiger partial charge is 0.410 e. The number of rotatable bonds is 14. The minimum absolute atomic E-state index is 0.00731. The average Bonchev–Trinajstić information content (AvgIpc) is 3.84. The number of piperidine rings is 1. The van der Waals surface area contributed by atoms with Crippen LogP contribution in [0, 0.1) is 5.82 Å². The van der Waals surface area contributed by atoms with E-state index in [1.165, 1.54) is 11.1 Å². The Kier molecular flexibility index (Phi) is 12.0. The molecule has 3 saturated heterocycles. The third-order valence-corrected chi connectivity index (χ3v) is 12.5. The fourth-order valence-electron chi connectivity index (χ4n) is 9.53. The van der Waals surface area contributed by atoms with E-state index in [9.17, 15) is 14.0 Å². The van der Waals surface area contributed by atoms with Gasteiger partial charge in [-0.05, 0) is 66.6 Å². The summed E-state index contributed by atoms with van der Waals surface area (Å²) < 4.78 is 87.3. The van der Waals surface area contributed by atoms with Crippen molar-refractivity contribution in [2.45, 2.75) is 82.1 Å². The molecule has 0 aliphatic carbocycles. The van der Waals surface area contributed by atoms with E-state index in [1.807, 2.05) is 60.7 Å². The highest BCUT2D eigenvalue weighted by Gasteiger charge is 2.49. The minimum atomic E-state index is -2.50. The van der Waals surface area contributed by atoms with E-state index in [4.69, 9.17) is 21.7 Å². The van der Waals surface area contributed by atoms with Crippen molar-refractivity contribution in [3.63, 3.8) is 0 Å². The number of hydrogen-bond donors (Lipinski definition) is 1. The molecule has 12 nitrogen and oxygen atoms in total. The molecule has 2 amide bonds. The van der Waals surface area contributed by atoms with Gasteiger partial charge in [-0.2, -0.15) is 9.97 Å². The molecule has 0 spiro atoms. The van der Waals surface area contributed by atoms with E-state index in [1.54, 1.807) is 43.3 Å². The zero-order valence-electron chi connectivity index (χ0n) is 38.0. The zero-order valence-corrected chi connectivity index (χ0v) is 36.0. The summed E-state index contributed by atoms with van der Waals surface area (Å²) in [4.78, 5) is 43.1. The van der Waals surface area contributed by atoms with E-state index in [0.717, 1.165) is 35.9 Å². The van der Waals surface area contributed by atoms with Gasteiger partial charge in [0.15, 0.2) is 5.82 Å². The summed E-state index contributed by atoms with van der Waals surface area (Å²) in [5.41, 5.74) is 0.782. The van der Waals surface area contributed by atoms with Crippen LogP contribution in [0.2, 0.25) is 0 Å². The third kappa shape index (κ3) is 9.80. The molecule has 65 heavy (non-hydrogen) atoms. The molecule has 2 aromatic heterocycles. The second-order valence-corrected chi connectivity index (χ2v) is 17.4. The molecule has 4 aromatic carbocycles. The van der Waals surface area contributed by atoms with Gasteiger partial charge < -0.3 is 29.2 Å².